The fraction of sp³-hybridized carbons (Fsp3) is 0.500. The van der Waals surface area contributed by atoms with Gasteiger partial charge in [0.15, 0.2) is 0 Å². The summed E-state index contributed by atoms with van der Waals surface area (Å²) in [6.07, 6.45) is 2.35. The zero-order valence-corrected chi connectivity index (χ0v) is 17.7. The summed E-state index contributed by atoms with van der Waals surface area (Å²) in [4.78, 5) is 1.04. The molecule has 0 amide bonds. The number of sulfonamides is 2. The standard InChI is InChI=1S/C16H22N2O4S4/c1-2-14-7-8-16(24-14)26(21,22)18-9-3-5-13(12-18)11-17-25(19,20)15-6-4-10-23-15/h4,6-8,10,13,17H,2-3,5,9,11-12H2,1H3. The molecule has 2 aromatic heterocycles. The van der Waals surface area contributed by atoms with Gasteiger partial charge in [0, 0.05) is 24.5 Å². The number of piperidine rings is 1. The molecule has 0 saturated carbocycles. The fourth-order valence-electron chi connectivity index (χ4n) is 2.94. The minimum absolute atomic E-state index is 0.0288. The molecule has 0 aliphatic carbocycles. The quantitative estimate of drug-likeness (QED) is 0.726. The van der Waals surface area contributed by atoms with Gasteiger partial charge in [-0.05, 0) is 48.8 Å². The summed E-state index contributed by atoms with van der Waals surface area (Å²) in [7, 11) is -7.02. The maximum Gasteiger partial charge on any atom is 0.252 e. The molecule has 1 aliphatic rings. The molecule has 0 spiro atoms. The van der Waals surface area contributed by atoms with E-state index in [0.717, 1.165) is 24.1 Å². The molecule has 1 N–H and O–H groups in total. The van der Waals surface area contributed by atoms with E-state index in [-0.39, 0.29) is 16.7 Å². The van der Waals surface area contributed by atoms with Gasteiger partial charge in [-0.1, -0.05) is 13.0 Å². The molecule has 3 rings (SSSR count). The van der Waals surface area contributed by atoms with Crippen LogP contribution in [-0.4, -0.2) is 40.8 Å². The predicted octanol–water partition coefficient (Wildman–Crippen LogP) is 2.75. The van der Waals surface area contributed by atoms with Crippen LogP contribution in [0.1, 0.15) is 24.6 Å². The highest BCUT2D eigenvalue weighted by atomic mass is 32.3. The summed E-state index contributed by atoms with van der Waals surface area (Å²) in [6.45, 7) is 3.07. The van der Waals surface area contributed by atoms with E-state index in [1.54, 1.807) is 23.6 Å². The summed E-state index contributed by atoms with van der Waals surface area (Å²) < 4.78 is 54.9. The molecule has 1 saturated heterocycles. The molecule has 144 valence electrons. The monoisotopic (exact) mass is 434 g/mol. The Labute approximate surface area is 163 Å². The summed E-state index contributed by atoms with van der Waals surface area (Å²) in [6, 6.07) is 6.78. The molecule has 0 radical (unpaired) electrons. The number of thiophene rings is 2. The molecular formula is C16H22N2O4S4. The maximum atomic E-state index is 12.8. The van der Waals surface area contributed by atoms with Crippen LogP contribution < -0.4 is 4.72 Å². The van der Waals surface area contributed by atoms with Crippen LogP contribution in [0, 0.1) is 5.92 Å². The van der Waals surface area contributed by atoms with Crippen LogP contribution in [0.15, 0.2) is 38.1 Å². The number of rotatable bonds is 7. The van der Waals surface area contributed by atoms with Crippen molar-refractivity contribution in [3.8, 4) is 0 Å². The smallest absolute Gasteiger partial charge is 0.210 e. The summed E-state index contributed by atoms with van der Waals surface area (Å²) in [5, 5.41) is 1.72. The Morgan fingerprint density at radius 2 is 2.00 bits per heavy atom. The van der Waals surface area contributed by atoms with Crippen molar-refractivity contribution >= 4 is 42.7 Å². The lowest BCUT2D eigenvalue weighted by Gasteiger charge is -2.31. The minimum Gasteiger partial charge on any atom is -0.210 e. The highest BCUT2D eigenvalue weighted by molar-refractivity contribution is 7.91. The van der Waals surface area contributed by atoms with E-state index >= 15 is 0 Å². The molecular weight excluding hydrogens is 412 g/mol. The summed E-state index contributed by atoms with van der Waals surface area (Å²) in [5.41, 5.74) is 0. The Balaban J connectivity index is 1.65. The van der Waals surface area contributed by atoms with E-state index in [1.165, 1.54) is 27.0 Å². The van der Waals surface area contributed by atoms with Gasteiger partial charge in [0.2, 0.25) is 10.0 Å². The third-order valence-corrected chi connectivity index (χ3v) is 10.8. The first-order valence-corrected chi connectivity index (χ1v) is 13.1. The number of hydrogen-bond acceptors (Lipinski definition) is 6. The van der Waals surface area contributed by atoms with Crippen LogP contribution in [0.3, 0.4) is 0 Å². The molecule has 6 nitrogen and oxygen atoms in total. The number of nitrogens with zero attached hydrogens (tertiary/aromatic N) is 1. The van der Waals surface area contributed by atoms with Crippen molar-refractivity contribution in [2.24, 2.45) is 5.92 Å². The van der Waals surface area contributed by atoms with Gasteiger partial charge in [-0.2, -0.15) is 4.31 Å². The SMILES string of the molecule is CCc1ccc(S(=O)(=O)N2CCCC(CNS(=O)(=O)c3cccs3)C2)s1. The van der Waals surface area contributed by atoms with Gasteiger partial charge < -0.3 is 0 Å². The van der Waals surface area contributed by atoms with Crippen molar-refractivity contribution in [3.05, 3.63) is 34.5 Å². The number of nitrogens with one attached hydrogen (secondary N) is 1. The Morgan fingerprint density at radius 3 is 2.65 bits per heavy atom. The molecule has 1 unspecified atom stereocenters. The minimum atomic E-state index is -3.52. The van der Waals surface area contributed by atoms with Crippen molar-refractivity contribution in [3.63, 3.8) is 0 Å². The van der Waals surface area contributed by atoms with Crippen LogP contribution in [-0.2, 0) is 26.5 Å². The third-order valence-electron chi connectivity index (χ3n) is 4.38. The van der Waals surface area contributed by atoms with Gasteiger partial charge in [-0.3, -0.25) is 0 Å². The zero-order chi connectivity index (χ0) is 18.8. The van der Waals surface area contributed by atoms with E-state index in [2.05, 4.69) is 4.72 Å². The lowest BCUT2D eigenvalue weighted by Crippen LogP contribution is -2.43. The van der Waals surface area contributed by atoms with Gasteiger partial charge in [0.25, 0.3) is 10.0 Å². The number of aryl methyl sites for hydroxylation is 1. The summed E-state index contributed by atoms with van der Waals surface area (Å²) in [5.74, 6) is -0.0288. The first-order valence-electron chi connectivity index (χ1n) is 8.45. The lowest BCUT2D eigenvalue weighted by atomic mass is 10.0. The third kappa shape index (κ3) is 4.37. The normalized spacial score (nSPS) is 19.7. The van der Waals surface area contributed by atoms with Crippen LogP contribution >= 0.6 is 22.7 Å². The van der Waals surface area contributed by atoms with Gasteiger partial charge >= 0.3 is 0 Å². The van der Waals surface area contributed by atoms with Crippen LogP contribution in [0.4, 0.5) is 0 Å². The van der Waals surface area contributed by atoms with Crippen LogP contribution in [0.2, 0.25) is 0 Å². The molecule has 1 fully saturated rings. The lowest BCUT2D eigenvalue weighted by molar-refractivity contribution is 0.267. The molecule has 1 aliphatic heterocycles. The second kappa shape index (κ2) is 8.07. The topological polar surface area (TPSA) is 83.6 Å². The van der Waals surface area contributed by atoms with Crippen molar-refractivity contribution < 1.29 is 16.8 Å². The molecule has 0 bridgehead atoms. The Bertz CT molecular complexity index is 933. The molecule has 26 heavy (non-hydrogen) atoms. The fourth-order valence-corrected chi connectivity index (χ4v) is 8.10. The largest absolute Gasteiger partial charge is 0.252 e. The summed E-state index contributed by atoms with van der Waals surface area (Å²) >= 11 is 2.48. The zero-order valence-electron chi connectivity index (χ0n) is 14.4. The van der Waals surface area contributed by atoms with Gasteiger partial charge in [-0.15, -0.1) is 22.7 Å². The van der Waals surface area contributed by atoms with Crippen LogP contribution in [0.5, 0.6) is 0 Å². The van der Waals surface area contributed by atoms with E-state index in [0.29, 0.717) is 17.3 Å². The van der Waals surface area contributed by atoms with Crippen molar-refractivity contribution in [1.82, 2.24) is 9.03 Å². The number of hydrogen-bond donors (Lipinski definition) is 1. The van der Waals surface area contributed by atoms with Gasteiger partial charge in [0.1, 0.15) is 8.42 Å². The first-order chi connectivity index (χ1) is 12.3. The Kier molecular flexibility index (Phi) is 6.20. The highest BCUT2D eigenvalue weighted by Crippen LogP contribution is 2.28. The molecule has 10 heteroatoms. The maximum absolute atomic E-state index is 12.8. The van der Waals surface area contributed by atoms with Gasteiger partial charge in [0.05, 0.1) is 0 Å². The average molecular weight is 435 g/mol. The molecule has 3 heterocycles. The first kappa shape index (κ1) is 20.0. The second-order valence-electron chi connectivity index (χ2n) is 6.23. The van der Waals surface area contributed by atoms with Crippen molar-refractivity contribution in [2.75, 3.05) is 19.6 Å². The van der Waals surface area contributed by atoms with Crippen LogP contribution in [0.25, 0.3) is 0 Å². The second-order valence-corrected chi connectivity index (χ2v) is 12.5. The van der Waals surface area contributed by atoms with E-state index in [1.807, 2.05) is 13.0 Å². The van der Waals surface area contributed by atoms with Crippen molar-refractivity contribution in [1.29, 1.82) is 0 Å². The van der Waals surface area contributed by atoms with E-state index in [9.17, 15) is 16.8 Å². The van der Waals surface area contributed by atoms with E-state index < -0.39 is 20.0 Å². The Morgan fingerprint density at radius 1 is 1.19 bits per heavy atom. The Hall–Kier alpha value is -0.780. The average Bonchev–Trinajstić information content (AvgIpc) is 3.32. The molecule has 1 atom stereocenters. The highest BCUT2D eigenvalue weighted by Gasteiger charge is 2.31. The van der Waals surface area contributed by atoms with E-state index in [4.69, 9.17) is 0 Å². The van der Waals surface area contributed by atoms with Crippen molar-refractivity contribution in [2.45, 2.75) is 34.6 Å². The predicted molar refractivity (Wildman–Crippen MR) is 105 cm³/mol. The van der Waals surface area contributed by atoms with Gasteiger partial charge in [-0.25, -0.2) is 21.6 Å². The molecule has 0 aromatic carbocycles. The molecule has 2 aromatic rings.